The third-order valence-electron chi connectivity index (χ3n) is 8.27. The third-order valence-corrected chi connectivity index (χ3v) is 8.27. The van der Waals surface area contributed by atoms with Gasteiger partial charge in [-0.25, -0.2) is 0 Å². The first kappa shape index (κ1) is 31.8. The van der Waals surface area contributed by atoms with E-state index >= 15 is 0 Å². The normalized spacial score (nSPS) is 15.2. The fraction of sp³-hybridized carbons (Fsp3) is 0.771. The Hall–Kier alpha value is -1.44. The molecule has 2 heteroatoms. The Morgan fingerprint density at radius 1 is 0.459 bits per heavy atom. The van der Waals surface area contributed by atoms with Crippen LogP contribution in [0.1, 0.15) is 154 Å². The van der Waals surface area contributed by atoms with E-state index in [1.165, 1.54) is 153 Å². The Kier molecular flexibility index (Phi) is 19.4. The number of benzene rings is 1. The van der Waals surface area contributed by atoms with E-state index in [0.29, 0.717) is 6.17 Å². The topological polar surface area (TPSA) is 6.48 Å². The largest absolute Gasteiger partial charge is 0.356 e. The van der Waals surface area contributed by atoms with Crippen LogP contribution in [0.5, 0.6) is 0 Å². The summed E-state index contributed by atoms with van der Waals surface area (Å²) in [5.41, 5.74) is 1.46. The summed E-state index contributed by atoms with van der Waals surface area (Å²) >= 11 is 0. The zero-order valence-corrected chi connectivity index (χ0v) is 25.0. The third kappa shape index (κ3) is 15.5. The molecule has 212 valence electrons. The molecule has 1 aliphatic rings. The molecule has 1 aliphatic heterocycles. The van der Waals surface area contributed by atoms with Crippen LogP contribution in [0, 0.1) is 0 Å². The van der Waals surface area contributed by atoms with E-state index in [4.69, 9.17) is 0 Å². The molecule has 0 radical (unpaired) electrons. The van der Waals surface area contributed by atoms with Crippen LogP contribution in [0.25, 0.3) is 0 Å². The molecule has 1 unspecified atom stereocenters. The zero-order chi connectivity index (χ0) is 26.2. The molecule has 0 saturated heterocycles. The van der Waals surface area contributed by atoms with E-state index in [0.717, 1.165) is 6.42 Å². The van der Waals surface area contributed by atoms with Crippen molar-refractivity contribution in [2.75, 3.05) is 13.1 Å². The van der Waals surface area contributed by atoms with Gasteiger partial charge in [0.25, 0.3) is 0 Å². The fourth-order valence-corrected chi connectivity index (χ4v) is 5.81. The highest BCUT2D eigenvalue weighted by Crippen LogP contribution is 2.22. The van der Waals surface area contributed by atoms with Crippen molar-refractivity contribution in [3.63, 3.8) is 0 Å². The lowest BCUT2D eigenvalue weighted by atomic mass is 10.0. The molecular weight excluding hydrogens is 448 g/mol. The lowest BCUT2D eigenvalue weighted by Crippen LogP contribution is -2.41. The predicted octanol–water partition coefficient (Wildman–Crippen LogP) is 10.9. The maximum absolute atomic E-state index is 2.62. The molecule has 37 heavy (non-hydrogen) atoms. The molecule has 0 saturated carbocycles. The van der Waals surface area contributed by atoms with Gasteiger partial charge in [-0.3, -0.25) is 0 Å². The molecule has 1 atom stereocenters. The van der Waals surface area contributed by atoms with Crippen LogP contribution < -0.4 is 0 Å². The Morgan fingerprint density at radius 2 is 0.811 bits per heavy atom. The van der Waals surface area contributed by atoms with Crippen molar-refractivity contribution < 1.29 is 0 Å². The van der Waals surface area contributed by atoms with E-state index in [1.807, 2.05) is 0 Å². The maximum atomic E-state index is 2.62. The van der Waals surface area contributed by atoms with Gasteiger partial charge in [-0.15, -0.1) is 0 Å². The van der Waals surface area contributed by atoms with Gasteiger partial charge in [0.15, 0.2) is 0 Å². The summed E-state index contributed by atoms with van der Waals surface area (Å²) in [4.78, 5) is 5.23. The van der Waals surface area contributed by atoms with Crippen molar-refractivity contribution in [1.82, 2.24) is 9.80 Å². The predicted molar refractivity (Wildman–Crippen MR) is 165 cm³/mol. The second-order valence-electron chi connectivity index (χ2n) is 11.7. The monoisotopic (exact) mass is 510 g/mol. The van der Waals surface area contributed by atoms with E-state index in [9.17, 15) is 0 Å². The Bertz CT molecular complexity index is 640. The maximum Gasteiger partial charge on any atom is 0.105 e. The minimum Gasteiger partial charge on any atom is -0.356 e. The van der Waals surface area contributed by atoms with E-state index < -0.39 is 0 Å². The summed E-state index contributed by atoms with van der Waals surface area (Å²) in [6.07, 6.45) is 36.2. The Labute approximate surface area is 232 Å². The summed E-state index contributed by atoms with van der Waals surface area (Å²) in [6, 6.07) is 11.1. The fourth-order valence-electron chi connectivity index (χ4n) is 5.81. The van der Waals surface area contributed by atoms with Gasteiger partial charge in [-0.1, -0.05) is 166 Å². The standard InChI is InChI=1S/C35H62N2/c1-3-5-7-9-10-11-12-13-14-15-16-17-18-19-20-21-26-30-37-32-31-36(29-25-8-6-4-2)35(37)33-34-27-23-22-24-28-34/h22-24,27-28,31-32,35H,3-21,25-26,29-30,33H2,1-2H3. The Balaban J connectivity index is 1.48. The van der Waals surface area contributed by atoms with Crippen molar-refractivity contribution in [2.45, 2.75) is 161 Å². The number of hydrogen-bond acceptors (Lipinski definition) is 2. The van der Waals surface area contributed by atoms with Crippen molar-refractivity contribution in [3.8, 4) is 0 Å². The van der Waals surface area contributed by atoms with Crippen LogP contribution in [0.15, 0.2) is 42.7 Å². The van der Waals surface area contributed by atoms with Gasteiger partial charge < -0.3 is 9.80 Å². The highest BCUT2D eigenvalue weighted by Gasteiger charge is 2.25. The van der Waals surface area contributed by atoms with Crippen molar-refractivity contribution in [3.05, 3.63) is 48.3 Å². The SMILES string of the molecule is CCCCCCCCCCCCCCCCCCCN1C=CN(CCCCCC)C1Cc1ccccc1. The average Bonchev–Trinajstić information content (AvgIpc) is 3.30. The van der Waals surface area contributed by atoms with Crippen molar-refractivity contribution >= 4 is 0 Å². The van der Waals surface area contributed by atoms with Crippen molar-refractivity contribution in [2.24, 2.45) is 0 Å². The minimum absolute atomic E-state index is 0.505. The number of rotatable bonds is 25. The molecule has 2 rings (SSSR count). The van der Waals surface area contributed by atoms with Gasteiger partial charge in [0, 0.05) is 31.9 Å². The summed E-state index contributed by atoms with van der Waals surface area (Å²) in [7, 11) is 0. The van der Waals surface area contributed by atoms with Crippen LogP contribution in [0.4, 0.5) is 0 Å². The van der Waals surface area contributed by atoms with Crippen LogP contribution in [-0.4, -0.2) is 29.1 Å². The lowest BCUT2D eigenvalue weighted by Gasteiger charge is -2.33. The van der Waals surface area contributed by atoms with Gasteiger partial charge in [0.2, 0.25) is 0 Å². The van der Waals surface area contributed by atoms with Gasteiger partial charge in [0.05, 0.1) is 0 Å². The first-order valence-corrected chi connectivity index (χ1v) is 16.6. The van der Waals surface area contributed by atoms with E-state index in [1.54, 1.807) is 0 Å². The van der Waals surface area contributed by atoms with Crippen LogP contribution in [0.2, 0.25) is 0 Å². The van der Waals surface area contributed by atoms with Gasteiger partial charge in [-0.05, 0) is 18.4 Å². The first-order chi connectivity index (χ1) is 18.3. The van der Waals surface area contributed by atoms with Crippen LogP contribution >= 0.6 is 0 Å². The summed E-state index contributed by atoms with van der Waals surface area (Å²) in [6.45, 7) is 7.01. The van der Waals surface area contributed by atoms with E-state index in [-0.39, 0.29) is 0 Å². The molecule has 0 N–H and O–H groups in total. The molecule has 1 heterocycles. The zero-order valence-electron chi connectivity index (χ0n) is 25.0. The summed E-state index contributed by atoms with van der Waals surface area (Å²) < 4.78 is 0. The number of unbranched alkanes of at least 4 members (excludes halogenated alkanes) is 19. The molecule has 0 fully saturated rings. The van der Waals surface area contributed by atoms with Gasteiger partial charge in [-0.2, -0.15) is 0 Å². The highest BCUT2D eigenvalue weighted by atomic mass is 15.4. The van der Waals surface area contributed by atoms with Gasteiger partial charge >= 0.3 is 0 Å². The lowest BCUT2D eigenvalue weighted by molar-refractivity contribution is 0.148. The Morgan fingerprint density at radius 3 is 1.22 bits per heavy atom. The highest BCUT2D eigenvalue weighted by molar-refractivity contribution is 5.17. The molecule has 0 amide bonds. The summed E-state index contributed by atoms with van der Waals surface area (Å²) in [5, 5.41) is 0. The average molecular weight is 511 g/mol. The molecule has 0 spiro atoms. The molecule has 0 bridgehead atoms. The molecule has 1 aromatic carbocycles. The van der Waals surface area contributed by atoms with Crippen molar-refractivity contribution in [1.29, 1.82) is 0 Å². The quantitative estimate of drug-likeness (QED) is 0.121. The molecule has 0 aliphatic carbocycles. The second-order valence-corrected chi connectivity index (χ2v) is 11.7. The smallest absolute Gasteiger partial charge is 0.105 e. The molecular formula is C35H62N2. The minimum atomic E-state index is 0.505. The summed E-state index contributed by atoms with van der Waals surface area (Å²) in [5.74, 6) is 0. The van der Waals surface area contributed by atoms with Gasteiger partial charge in [0.1, 0.15) is 6.17 Å². The number of hydrogen-bond donors (Lipinski definition) is 0. The van der Waals surface area contributed by atoms with E-state index in [2.05, 4.69) is 66.4 Å². The molecule has 0 aromatic heterocycles. The molecule has 2 nitrogen and oxygen atoms in total. The van der Waals surface area contributed by atoms with Crippen LogP contribution in [0.3, 0.4) is 0 Å². The number of nitrogens with zero attached hydrogens (tertiary/aromatic N) is 2. The molecule has 1 aromatic rings. The second kappa shape index (κ2) is 22.5. The van der Waals surface area contributed by atoms with Crippen LogP contribution in [-0.2, 0) is 6.42 Å². The first-order valence-electron chi connectivity index (χ1n) is 16.6.